The SMILES string of the molecule is CC(=O)c1cc(F)c(C)cc1OCCCc1ccccc1. The van der Waals surface area contributed by atoms with Crippen LogP contribution in [0.15, 0.2) is 42.5 Å². The molecule has 2 aromatic rings. The number of aryl methyl sites for hydroxylation is 2. The minimum Gasteiger partial charge on any atom is -0.493 e. The molecule has 0 heterocycles. The van der Waals surface area contributed by atoms with Gasteiger partial charge in [0.2, 0.25) is 0 Å². The van der Waals surface area contributed by atoms with E-state index in [0.717, 1.165) is 12.8 Å². The Balaban J connectivity index is 1.96. The molecule has 0 saturated carbocycles. The Morgan fingerprint density at radius 1 is 1.19 bits per heavy atom. The first-order valence-electron chi connectivity index (χ1n) is 7.05. The van der Waals surface area contributed by atoms with Crippen molar-refractivity contribution in [2.45, 2.75) is 26.7 Å². The topological polar surface area (TPSA) is 26.3 Å². The van der Waals surface area contributed by atoms with E-state index in [1.165, 1.54) is 18.6 Å². The van der Waals surface area contributed by atoms with E-state index in [1.807, 2.05) is 18.2 Å². The van der Waals surface area contributed by atoms with Gasteiger partial charge in [0, 0.05) is 0 Å². The maximum absolute atomic E-state index is 13.5. The molecular formula is C18H19FO2. The maximum atomic E-state index is 13.5. The summed E-state index contributed by atoms with van der Waals surface area (Å²) < 4.78 is 19.2. The van der Waals surface area contributed by atoms with Crippen molar-refractivity contribution in [1.82, 2.24) is 0 Å². The smallest absolute Gasteiger partial charge is 0.163 e. The van der Waals surface area contributed by atoms with Gasteiger partial charge in [0.05, 0.1) is 12.2 Å². The third-order valence-electron chi connectivity index (χ3n) is 3.35. The van der Waals surface area contributed by atoms with Gasteiger partial charge < -0.3 is 4.74 Å². The van der Waals surface area contributed by atoms with E-state index in [4.69, 9.17) is 4.74 Å². The molecule has 0 radical (unpaired) electrons. The van der Waals surface area contributed by atoms with Gasteiger partial charge in [-0.25, -0.2) is 4.39 Å². The highest BCUT2D eigenvalue weighted by Crippen LogP contribution is 2.23. The number of Topliss-reactive ketones (excluding diaryl/α,β-unsaturated/α-hetero) is 1. The molecule has 110 valence electrons. The zero-order valence-electron chi connectivity index (χ0n) is 12.4. The van der Waals surface area contributed by atoms with Crippen molar-refractivity contribution in [3.05, 3.63) is 65.0 Å². The van der Waals surface area contributed by atoms with Gasteiger partial charge in [-0.2, -0.15) is 0 Å². The minimum absolute atomic E-state index is 0.188. The van der Waals surface area contributed by atoms with E-state index < -0.39 is 0 Å². The van der Waals surface area contributed by atoms with E-state index in [9.17, 15) is 9.18 Å². The molecule has 0 amide bonds. The van der Waals surface area contributed by atoms with Gasteiger partial charge in [-0.3, -0.25) is 4.79 Å². The molecule has 0 N–H and O–H groups in total. The molecule has 0 atom stereocenters. The summed E-state index contributed by atoms with van der Waals surface area (Å²) in [5.74, 6) is -0.0988. The summed E-state index contributed by atoms with van der Waals surface area (Å²) in [4.78, 5) is 11.5. The molecule has 0 unspecified atom stereocenters. The molecule has 21 heavy (non-hydrogen) atoms. The standard InChI is InChI=1S/C18H19FO2/c1-13-11-18(16(14(2)20)12-17(13)19)21-10-6-9-15-7-4-3-5-8-15/h3-5,7-8,11-12H,6,9-10H2,1-2H3. The van der Waals surface area contributed by atoms with E-state index in [-0.39, 0.29) is 11.6 Å². The fourth-order valence-electron chi connectivity index (χ4n) is 2.15. The van der Waals surface area contributed by atoms with Gasteiger partial charge in [0.15, 0.2) is 5.78 Å². The van der Waals surface area contributed by atoms with E-state index in [1.54, 1.807) is 13.0 Å². The Bertz CT molecular complexity index is 621. The molecule has 0 aliphatic rings. The molecule has 0 aliphatic carbocycles. The summed E-state index contributed by atoms with van der Waals surface area (Å²) in [7, 11) is 0. The molecule has 0 saturated heterocycles. The van der Waals surface area contributed by atoms with Gasteiger partial charge in [-0.05, 0) is 49.9 Å². The van der Waals surface area contributed by atoms with E-state index in [0.29, 0.717) is 23.5 Å². The van der Waals surface area contributed by atoms with E-state index in [2.05, 4.69) is 12.1 Å². The second-order valence-electron chi connectivity index (χ2n) is 5.09. The molecule has 0 aromatic heterocycles. The lowest BCUT2D eigenvalue weighted by molar-refractivity contribution is 0.101. The summed E-state index contributed by atoms with van der Waals surface area (Å²) in [5.41, 5.74) is 2.04. The number of hydrogen-bond donors (Lipinski definition) is 0. The molecule has 2 rings (SSSR count). The van der Waals surface area contributed by atoms with Crippen LogP contribution in [0.2, 0.25) is 0 Å². The number of carbonyl (C=O) groups excluding carboxylic acids is 1. The Labute approximate surface area is 124 Å². The summed E-state index contributed by atoms with van der Waals surface area (Å²) >= 11 is 0. The second-order valence-corrected chi connectivity index (χ2v) is 5.09. The van der Waals surface area contributed by atoms with Crippen LogP contribution < -0.4 is 4.74 Å². The first-order valence-corrected chi connectivity index (χ1v) is 7.05. The van der Waals surface area contributed by atoms with Crippen LogP contribution in [0.1, 0.15) is 34.8 Å². The average Bonchev–Trinajstić information content (AvgIpc) is 2.47. The normalized spacial score (nSPS) is 10.4. The molecule has 0 fully saturated rings. The zero-order valence-corrected chi connectivity index (χ0v) is 12.4. The number of hydrogen-bond acceptors (Lipinski definition) is 2. The molecule has 0 spiro atoms. The minimum atomic E-state index is -0.378. The van der Waals surface area contributed by atoms with E-state index >= 15 is 0 Å². The third kappa shape index (κ3) is 4.15. The monoisotopic (exact) mass is 286 g/mol. The second kappa shape index (κ2) is 7.02. The lowest BCUT2D eigenvalue weighted by Gasteiger charge is -2.11. The quantitative estimate of drug-likeness (QED) is 0.583. The van der Waals surface area contributed by atoms with Gasteiger partial charge in [-0.15, -0.1) is 0 Å². The number of halogens is 1. The van der Waals surface area contributed by atoms with Crippen molar-refractivity contribution in [2.75, 3.05) is 6.61 Å². The third-order valence-corrected chi connectivity index (χ3v) is 3.35. The first-order chi connectivity index (χ1) is 10.1. The Morgan fingerprint density at radius 2 is 1.90 bits per heavy atom. The van der Waals surface area contributed by atoms with Crippen molar-refractivity contribution in [1.29, 1.82) is 0 Å². The molecule has 3 heteroatoms. The Kier molecular flexibility index (Phi) is 5.09. The number of rotatable bonds is 6. The number of carbonyl (C=O) groups is 1. The maximum Gasteiger partial charge on any atom is 0.163 e. The Morgan fingerprint density at radius 3 is 2.57 bits per heavy atom. The highest BCUT2D eigenvalue weighted by molar-refractivity contribution is 5.96. The highest BCUT2D eigenvalue weighted by atomic mass is 19.1. The molecular weight excluding hydrogens is 267 g/mol. The molecule has 0 bridgehead atoms. The average molecular weight is 286 g/mol. The highest BCUT2D eigenvalue weighted by Gasteiger charge is 2.12. The predicted molar refractivity (Wildman–Crippen MR) is 81.4 cm³/mol. The van der Waals surface area contributed by atoms with Crippen LogP contribution in [0.3, 0.4) is 0 Å². The summed E-state index contributed by atoms with van der Waals surface area (Å²) in [5, 5.41) is 0. The molecule has 2 aromatic carbocycles. The summed E-state index contributed by atoms with van der Waals surface area (Å²) in [6.45, 7) is 3.58. The zero-order chi connectivity index (χ0) is 15.2. The predicted octanol–water partition coefficient (Wildman–Crippen LogP) is 4.35. The van der Waals surface area contributed by atoms with Crippen LogP contribution in [0, 0.1) is 12.7 Å². The largest absolute Gasteiger partial charge is 0.493 e. The van der Waals surface area contributed by atoms with Crippen molar-refractivity contribution >= 4 is 5.78 Å². The Hall–Kier alpha value is -2.16. The lowest BCUT2D eigenvalue weighted by Crippen LogP contribution is -2.05. The number of ketones is 1. The first kappa shape index (κ1) is 15.2. The van der Waals surface area contributed by atoms with Gasteiger partial charge in [0.25, 0.3) is 0 Å². The van der Waals surface area contributed by atoms with Crippen molar-refractivity contribution in [3.8, 4) is 5.75 Å². The fraction of sp³-hybridized carbons (Fsp3) is 0.278. The summed E-state index contributed by atoms with van der Waals surface area (Å²) in [6.07, 6.45) is 1.76. The van der Waals surface area contributed by atoms with Crippen LogP contribution >= 0.6 is 0 Å². The molecule has 0 aliphatic heterocycles. The van der Waals surface area contributed by atoms with Crippen molar-refractivity contribution in [3.63, 3.8) is 0 Å². The summed E-state index contributed by atoms with van der Waals surface area (Å²) in [6, 6.07) is 13.0. The van der Waals surface area contributed by atoms with Crippen LogP contribution in [-0.4, -0.2) is 12.4 Å². The van der Waals surface area contributed by atoms with Crippen molar-refractivity contribution < 1.29 is 13.9 Å². The van der Waals surface area contributed by atoms with Crippen LogP contribution in [0.4, 0.5) is 4.39 Å². The van der Waals surface area contributed by atoms with Gasteiger partial charge >= 0.3 is 0 Å². The van der Waals surface area contributed by atoms with Gasteiger partial charge in [0.1, 0.15) is 11.6 Å². The van der Waals surface area contributed by atoms with Crippen LogP contribution in [0.25, 0.3) is 0 Å². The van der Waals surface area contributed by atoms with Crippen LogP contribution in [-0.2, 0) is 6.42 Å². The van der Waals surface area contributed by atoms with Crippen molar-refractivity contribution in [2.24, 2.45) is 0 Å². The lowest BCUT2D eigenvalue weighted by atomic mass is 10.1. The fourth-order valence-corrected chi connectivity index (χ4v) is 2.15. The number of ether oxygens (including phenoxy) is 1. The van der Waals surface area contributed by atoms with Gasteiger partial charge in [-0.1, -0.05) is 30.3 Å². The number of benzene rings is 2. The molecule has 2 nitrogen and oxygen atoms in total. The van der Waals surface area contributed by atoms with Crippen LogP contribution in [0.5, 0.6) is 5.75 Å².